The molecule has 2 aromatic carbocycles. The summed E-state index contributed by atoms with van der Waals surface area (Å²) in [6.45, 7) is 2.86. The summed E-state index contributed by atoms with van der Waals surface area (Å²) in [5.41, 5.74) is 2.38. The van der Waals surface area contributed by atoms with Crippen LogP contribution in [0.2, 0.25) is 0 Å². The van der Waals surface area contributed by atoms with Crippen molar-refractivity contribution >= 4 is 5.91 Å². The van der Waals surface area contributed by atoms with Crippen molar-refractivity contribution in [3.05, 3.63) is 65.7 Å². The van der Waals surface area contributed by atoms with Gasteiger partial charge in [-0.3, -0.25) is 4.79 Å². The van der Waals surface area contributed by atoms with Gasteiger partial charge in [-0.25, -0.2) is 0 Å². The molecule has 1 fully saturated rings. The summed E-state index contributed by atoms with van der Waals surface area (Å²) in [6.07, 6.45) is 4.18. The minimum Gasteiger partial charge on any atom is -0.497 e. The summed E-state index contributed by atoms with van der Waals surface area (Å²) >= 11 is 0. The first-order valence-electron chi connectivity index (χ1n) is 9.71. The van der Waals surface area contributed by atoms with Gasteiger partial charge in [0, 0.05) is 12.0 Å². The van der Waals surface area contributed by atoms with Crippen LogP contribution in [0.5, 0.6) is 5.75 Å². The molecule has 0 aliphatic heterocycles. The van der Waals surface area contributed by atoms with Gasteiger partial charge in [-0.05, 0) is 43.0 Å². The van der Waals surface area contributed by atoms with Crippen LogP contribution < -0.4 is 10.1 Å². The minimum absolute atomic E-state index is 0.0555. The lowest BCUT2D eigenvalue weighted by atomic mass is 9.79. The highest BCUT2D eigenvalue weighted by Crippen LogP contribution is 2.40. The molecule has 0 bridgehead atoms. The average molecular weight is 367 g/mol. The van der Waals surface area contributed by atoms with Crippen LogP contribution >= 0.6 is 0 Å². The highest BCUT2D eigenvalue weighted by atomic mass is 16.5. The van der Waals surface area contributed by atoms with E-state index in [2.05, 4.69) is 29.6 Å². The van der Waals surface area contributed by atoms with Crippen molar-refractivity contribution in [2.45, 2.75) is 50.7 Å². The lowest BCUT2D eigenvalue weighted by Crippen LogP contribution is -2.43. The maximum Gasteiger partial charge on any atom is 0.248 e. The molecule has 1 atom stereocenters. The monoisotopic (exact) mass is 367 g/mol. The highest BCUT2D eigenvalue weighted by Gasteiger charge is 2.36. The highest BCUT2D eigenvalue weighted by molar-refractivity contribution is 5.80. The lowest BCUT2D eigenvalue weighted by molar-refractivity contribution is -0.132. The second-order valence-corrected chi connectivity index (χ2v) is 7.38. The largest absolute Gasteiger partial charge is 0.497 e. The Kier molecular flexibility index (Phi) is 6.51. The van der Waals surface area contributed by atoms with E-state index in [9.17, 15) is 4.79 Å². The summed E-state index contributed by atoms with van der Waals surface area (Å²) in [7, 11) is 1.64. The van der Waals surface area contributed by atoms with E-state index in [0.29, 0.717) is 13.2 Å². The van der Waals surface area contributed by atoms with Crippen LogP contribution in [0.25, 0.3) is 0 Å². The van der Waals surface area contributed by atoms with E-state index >= 15 is 0 Å². The molecule has 0 aromatic heterocycles. The fourth-order valence-corrected chi connectivity index (χ4v) is 3.87. The van der Waals surface area contributed by atoms with Crippen LogP contribution in [-0.4, -0.2) is 25.7 Å². The molecule has 0 radical (unpaired) electrons. The van der Waals surface area contributed by atoms with Crippen molar-refractivity contribution in [1.29, 1.82) is 0 Å². The number of methoxy groups -OCH3 is 1. The molecule has 27 heavy (non-hydrogen) atoms. The zero-order chi connectivity index (χ0) is 19.1. The average Bonchev–Trinajstić information content (AvgIpc) is 3.21. The van der Waals surface area contributed by atoms with Crippen molar-refractivity contribution in [2.24, 2.45) is 0 Å². The third-order valence-electron chi connectivity index (χ3n) is 5.55. The smallest absolute Gasteiger partial charge is 0.248 e. The molecule has 1 aliphatic carbocycles. The van der Waals surface area contributed by atoms with Crippen LogP contribution in [0.3, 0.4) is 0 Å². The molecule has 0 heterocycles. The number of rotatable bonds is 8. The maximum absolute atomic E-state index is 12.6. The maximum atomic E-state index is 12.6. The van der Waals surface area contributed by atoms with Crippen LogP contribution in [0.4, 0.5) is 0 Å². The third kappa shape index (κ3) is 4.89. The molecule has 1 amide bonds. The van der Waals surface area contributed by atoms with Gasteiger partial charge in [-0.2, -0.15) is 0 Å². The second kappa shape index (κ2) is 9.05. The molecule has 0 saturated heterocycles. The van der Waals surface area contributed by atoms with Crippen molar-refractivity contribution < 1.29 is 14.3 Å². The Hall–Kier alpha value is -2.33. The summed E-state index contributed by atoms with van der Waals surface area (Å²) < 4.78 is 11.0. The van der Waals surface area contributed by atoms with E-state index < -0.39 is 6.10 Å². The van der Waals surface area contributed by atoms with E-state index in [0.717, 1.165) is 24.2 Å². The molecular formula is C23H29NO3. The molecule has 1 N–H and O–H groups in total. The Bertz CT molecular complexity index is 738. The summed E-state index contributed by atoms with van der Waals surface area (Å²) in [4.78, 5) is 12.6. The number of amides is 1. The SMILES string of the molecule is COc1cccc(COC(C)C(=O)NCC2(c3ccccc3)CCCC2)c1. The van der Waals surface area contributed by atoms with Crippen LogP contribution in [0, 0.1) is 0 Å². The predicted molar refractivity (Wildman–Crippen MR) is 107 cm³/mol. The molecule has 1 saturated carbocycles. The molecule has 1 aliphatic rings. The molecule has 1 unspecified atom stereocenters. The van der Waals surface area contributed by atoms with E-state index in [4.69, 9.17) is 9.47 Å². The standard InChI is InChI=1S/C23H29NO3/c1-18(27-16-19-9-8-12-21(15-19)26-2)22(25)24-17-23(13-6-7-14-23)20-10-4-3-5-11-20/h3-5,8-12,15,18H,6-7,13-14,16-17H2,1-2H3,(H,24,25). The molecule has 3 rings (SSSR count). The van der Waals surface area contributed by atoms with Crippen molar-refractivity contribution in [3.8, 4) is 5.75 Å². The van der Waals surface area contributed by atoms with Gasteiger partial charge in [-0.1, -0.05) is 55.3 Å². The summed E-state index contributed by atoms with van der Waals surface area (Å²) in [6, 6.07) is 18.3. The molecule has 0 spiro atoms. The Balaban J connectivity index is 1.54. The van der Waals surface area contributed by atoms with Crippen LogP contribution in [0.1, 0.15) is 43.7 Å². The lowest BCUT2D eigenvalue weighted by Gasteiger charge is -2.30. The zero-order valence-electron chi connectivity index (χ0n) is 16.2. The molecule has 4 nitrogen and oxygen atoms in total. The van der Waals surface area contributed by atoms with E-state index in [-0.39, 0.29) is 11.3 Å². The fraction of sp³-hybridized carbons (Fsp3) is 0.435. The van der Waals surface area contributed by atoms with Gasteiger partial charge in [-0.15, -0.1) is 0 Å². The number of carbonyl (C=O) groups excluding carboxylic acids is 1. The summed E-state index contributed by atoms with van der Waals surface area (Å²) in [5, 5.41) is 3.13. The minimum atomic E-state index is -0.495. The number of hydrogen-bond donors (Lipinski definition) is 1. The van der Waals surface area contributed by atoms with Crippen molar-refractivity contribution in [3.63, 3.8) is 0 Å². The first-order chi connectivity index (χ1) is 13.1. The van der Waals surface area contributed by atoms with Gasteiger partial charge in [0.25, 0.3) is 0 Å². The van der Waals surface area contributed by atoms with Gasteiger partial charge in [0.15, 0.2) is 0 Å². The first kappa shape index (κ1) is 19.4. The normalized spacial score (nSPS) is 16.7. The Morgan fingerprint density at radius 1 is 1.11 bits per heavy atom. The van der Waals surface area contributed by atoms with Crippen molar-refractivity contribution in [1.82, 2.24) is 5.32 Å². The van der Waals surface area contributed by atoms with Crippen molar-refractivity contribution in [2.75, 3.05) is 13.7 Å². The molecular weight excluding hydrogens is 338 g/mol. The number of ether oxygens (including phenoxy) is 2. The van der Waals surface area contributed by atoms with E-state index in [1.54, 1.807) is 14.0 Å². The second-order valence-electron chi connectivity index (χ2n) is 7.38. The van der Waals surface area contributed by atoms with Gasteiger partial charge >= 0.3 is 0 Å². The zero-order valence-corrected chi connectivity index (χ0v) is 16.2. The predicted octanol–water partition coefficient (Wildman–Crippen LogP) is 4.23. The first-order valence-corrected chi connectivity index (χ1v) is 9.71. The van der Waals surface area contributed by atoms with Crippen LogP contribution in [0.15, 0.2) is 54.6 Å². The Labute approximate surface area is 161 Å². The van der Waals surface area contributed by atoms with Gasteiger partial charge < -0.3 is 14.8 Å². The summed E-state index contributed by atoms with van der Waals surface area (Å²) in [5.74, 6) is 0.736. The topological polar surface area (TPSA) is 47.6 Å². The number of nitrogens with one attached hydrogen (secondary N) is 1. The molecule has 144 valence electrons. The van der Waals surface area contributed by atoms with Crippen LogP contribution in [-0.2, 0) is 21.6 Å². The molecule has 2 aromatic rings. The third-order valence-corrected chi connectivity index (χ3v) is 5.55. The fourth-order valence-electron chi connectivity index (χ4n) is 3.87. The van der Waals surface area contributed by atoms with Gasteiger partial charge in [0.2, 0.25) is 5.91 Å². The van der Waals surface area contributed by atoms with Gasteiger partial charge in [0.1, 0.15) is 11.9 Å². The molecule has 4 heteroatoms. The number of hydrogen-bond acceptors (Lipinski definition) is 3. The van der Waals surface area contributed by atoms with E-state index in [1.807, 2.05) is 30.3 Å². The Morgan fingerprint density at radius 3 is 2.56 bits per heavy atom. The van der Waals surface area contributed by atoms with Gasteiger partial charge in [0.05, 0.1) is 13.7 Å². The van der Waals surface area contributed by atoms with E-state index in [1.165, 1.54) is 18.4 Å². The quantitative estimate of drug-likeness (QED) is 0.760. The number of benzene rings is 2. The Morgan fingerprint density at radius 2 is 1.85 bits per heavy atom. The number of carbonyl (C=O) groups is 1.